The molecule has 2 aromatic carbocycles. The third kappa shape index (κ3) is 3.38. The highest BCUT2D eigenvalue weighted by atomic mass is 32.2. The Bertz CT molecular complexity index is 597. The van der Waals surface area contributed by atoms with E-state index >= 15 is 0 Å². The second kappa shape index (κ2) is 5.93. The quantitative estimate of drug-likeness (QED) is 0.860. The third-order valence-electron chi connectivity index (χ3n) is 2.59. The molecule has 0 aliphatic rings. The zero-order valence-corrected chi connectivity index (χ0v) is 11.0. The van der Waals surface area contributed by atoms with Crippen LogP contribution in [0.1, 0.15) is 5.56 Å². The van der Waals surface area contributed by atoms with E-state index in [9.17, 15) is 13.0 Å². The molecular weight excluding hydrogens is 270 g/mol. The highest BCUT2D eigenvalue weighted by molar-refractivity contribution is 7.84. The molecule has 0 spiro atoms. The first kappa shape index (κ1) is 13.7. The number of hydrogen-bond donors (Lipinski definition) is 0. The molecule has 0 aliphatic carbocycles. The van der Waals surface area contributed by atoms with Gasteiger partial charge >= 0.3 is 0 Å². The van der Waals surface area contributed by atoms with Crippen LogP contribution >= 0.6 is 0 Å². The molecular formula is C14H12F2O2S. The molecule has 0 heterocycles. The van der Waals surface area contributed by atoms with E-state index in [-0.39, 0.29) is 17.3 Å². The largest absolute Gasteiger partial charge is 0.494 e. The fourth-order valence-electron chi connectivity index (χ4n) is 1.62. The lowest BCUT2D eigenvalue weighted by atomic mass is 10.2. The number of ether oxygens (including phenoxy) is 1. The second-order valence-corrected chi connectivity index (χ2v) is 5.36. The van der Waals surface area contributed by atoms with E-state index in [0.29, 0.717) is 10.5 Å². The summed E-state index contributed by atoms with van der Waals surface area (Å²) in [6.07, 6.45) is 0. The van der Waals surface area contributed by atoms with E-state index in [1.807, 2.05) is 0 Å². The zero-order chi connectivity index (χ0) is 13.8. The van der Waals surface area contributed by atoms with Crippen LogP contribution in [0, 0.1) is 11.6 Å². The van der Waals surface area contributed by atoms with Gasteiger partial charge in [0.2, 0.25) is 0 Å². The van der Waals surface area contributed by atoms with Crippen molar-refractivity contribution in [2.75, 3.05) is 7.11 Å². The SMILES string of the molecule is COc1ccc(CS(=O)c2ccc(F)cc2)cc1F. The molecule has 2 nitrogen and oxygen atoms in total. The van der Waals surface area contributed by atoms with Crippen molar-refractivity contribution in [2.45, 2.75) is 10.6 Å². The van der Waals surface area contributed by atoms with E-state index in [1.165, 1.54) is 43.5 Å². The highest BCUT2D eigenvalue weighted by Crippen LogP contribution is 2.20. The Hall–Kier alpha value is -1.75. The zero-order valence-electron chi connectivity index (χ0n) is 10.2. The van der Waals surface area contributed by atoms with Crippen LogP contribution in [0.15, 0.2) is 47.4 Å². The average Bonchev–Trinajstić information content (AvgIpc) is 2.39. The van der Waals surface area contributed by atoms with Gasteiger partial charge in [-0.15, -0.1) is 0 Å². The first-order valence-electron chi connectivity index (χ1n) is 5.56. The van der Waals surface area contributed by atoms with Crippen LogP contribution in [0.2, 0.25) is 0 Å². The maximum absolute atomic E-state index is 13.5. The normalized spacial score (nSPS) is 12.2. The minimum Gasteiger partial charge on any atom is -0.494 e. The first-order chi connectivity index (χ1) is 9.10. The average molecular weight is 282 g/mol. The summed E-state index contributed by atoms with van der Waals surface area (Å²) in [6.45, 7) is 0. The molecule has 0 N–H and O–H groups in total. The molecule has 0 aromatic heterocycles. The van der Waals surface area contributed by atoms with E-state index in [2.05, 4.69) is 0 Å². The summed E-state index contributed by atoms with van der Waals surface area (Å²) in [5, 5.41) is 0. The predicted octanol–water partition coefficient (Wildman–Crippen LogP) is 3.28. The molecule has 1 unspecified atom stereocenters. The van der Waals surface area contributed by atoms with Gasteiger partial charge in [0, 0.05) is 4.90 Å². The van der Waals surface area contributed by atoms with Crippen LogP contribution in [-0.4, -0.2) is 11.3 Å². The fourth-order valence-corrected chi connectivity index (χ4v) is 2.71. The summed E-state index contributed by atoms with van der Waals surface area (Å²) in [6, 6.07) is 9.87. The van der Waals surface area contributed by atoms with Gasteiger partial charge in [0.25, 0.3) is 0 Å². The van der Waals surface area contributed by atoms with Gasteiger partial charge in [-0.2, -0.15) is 0 Å². The topological polar surface area (TPSA) is 26.3 Å². The van der Waals surface area contributed by atoms with E-state index in [0.717, 1.165) is 0 Å². The third-order valence-corrected chi connectivity index (χ3v) is 3.98. The molecule has 19 heavy (non-hydrogen) atoms. The standard InChI is InChI=1S/C14H12F2O2S/c1-18-14-7-2-10(8-13(14)16)9-19(17)12-5-3-11(15)4-6-12/h2-8H,9H2,1H3. The molecule has 0 amide bonds. The van der Waals surface area contributed by atoms with Crippen molar-refractivity contribution in [3.05, 3.63) is 59.7 Å². The molecule has 100 valence electrons. The van der Waals surface area contributed by atoms with Gasteiger partial charge < -0.3 is 4.74 Å². The summed E-state index contributed by atoms with van der Waals surface area (Å²) >= 11 is 0. The van der Waals surface area contributed by atoms with Gasteiger partial charge in [-0.3, -0.25) is 4.21 Å². The Balaban J connectivity index is 2.14. The molecule has 0 saturated heterocycles. The van der Waals surface area contributed by atoms with Crippen LogP contribution in [0.25, 0.3) is 0 Å². The number of rotatable bonds is 4. The fraction of sp³-hybridized carbons (Fsp3) is 0.143. The smallest absolute Gasteiger partial charge is 0.165 e. The summed E-state index contributed by atoms with van der Waals surface area (Å²) < 4.78 is 43.1. The second-order valence-electron chi connectivity index (χ2n) is 3.91. The highest BCUT2D eigenvalue weighted by Gasteiger charge is 2.08. The molecule has 0 aliphatic heterocycles. The van der Waals surface area contributed by atoms with E-state index < -0.39 is 16.6 Å². The molecule has 0 fully saturated rings. The van der Waals surface area contributed by atoms with Gasteiger partial charge in [0.05, 0.1) is 23.7 Å². The number of benzene rings is 2. The Morgan fingerprint density at radius 3 is 2.37 bits per heavy atom. The molecule has 0 saturated carbocycles. The van der Waals surface area contributed by atoms with Crippen molar-refractivity contribution < 1.29 is 17.7 Å². The van der Waals surface area contributed by atoms with Crippen LogP contribution in [0.4, 0.5) is 8.78 Å². The van der Waals surface area contributed by atoms with Gasteiger partial charge in [0.1, 0.15) is 5.82 Å². The van der Waals surface area contributed by atoms with Crippen LogP contribution in [0.3, 0.4) is 0 Å². The Morgan fingerprint density at radius 2 is 1.79 bits per heavy atom. The Morgan fingerprint density at radius 1 is 1.11 bits per heavy atom. The Labute approximate surface area is 112 Å². The van der Waals surface area contributed by atoms with Crippen LogP contribution in [0.5, 0.6) is 5.75 Å². The van der Waals surface area contributed by atoms with Gasteiger partial charge in [0.15, 0.2) is 11.6 Å². The summed E-state index contributed by atoms with van der Waals surface area (Å²) in [4.78, 5) is 0.512. The van der Waals surface area contributed by atoms with Crippen LogP contribution in [-0.2, 0) is 16.6 Å². The summed E-state index contributed by atoms with van der Waals surface area (Å²) in [5.41, 5.74) is 0.598. The lowest BCUT2D eigenvalue weighted by Crippen LogP contribution is -1.98. The van der Waals surface area contributed by atoms with E-state index in [4.69, 9.17) is 4.74 Å². The minimum absolute atomic E-state index is 0.149. The van der Waals surface area contributed by atoms with Gasteiger partial charge in [-0.1, -0.05) is 6.07 Å². The maximum Gasteiger partial charge on any atom is 0.165 e. The van der Waals surface area contributed by atoms with Crippen molar-refractivity contribution in [1.82, 2.24) is 0 Å². The van der Waals surface area contributed by atoms with Crippen molar-refractivity contribution in [1.29, 1.82) is 0 Å². The summed E-state index contributed by atoms with van der Waals surface area (Å²) in [7, 11) is 0.0500. The van der Waals surface area contributed by atoms with E-state index in [1.54, 1.807) is 6.07 Å². The monoisotopic (exact) mass is 282 g/mol. The molecule has 5 heteroatoms. The molecule has 0 radical (unpaired) electrons. The van der Waals surface area contributed by atoms with Crippen molar-refractivity contribution in [3.63, 3.8) is 0 Å². The lowest BCUT2D eigenvalue weighted by molar-refractivity contribution is 0.386. The molecule has 1 atom stereocenters. The maximum atomic E-state index is 13.5. The number of hydrogen-bond acceptors (Lipinski definition) is 2. The molecule has 2 rings (SSSR count). The van der Waals surface area contributed by atoms with Crippen molar-refractivity contribution >= 4 is 10.8 Å². The van der Waals surface area contributed by atoms with Crippen molar-refractivity contribution in [2.24, 2.45) is 0 Å². The lowest BCUT2D eigenvalue weighted by Gasteiger charge is -2.05. The predicted molar refractivity (Wildman–Crippen MR) is 69.5 cm³/mol. The number of halogens is 2. The molecule has 2 aromatic rings. The van der Waals surface area contributed by atoms with Crippen LogP contribution < -0.4 is 4.74 Å². The first-order valence-corrected chi connectivity index (χ1v) is 6.88. The summed E-state index contributed by atoms with van der Waals surface area (Å²) in [5.74, 6) is -0.546. The minimum atomic E-state index is -1.33. The van der Waals surface area contributed by atoms with Gasteiger partial charge in [-0.05, 0) is 42.0 Å². The van der Waals surface area contributed by atoms with Gasteiger partial charge in [-0.25, -0.2) is 8.78 Å². The van der Waals surface area contributed by atoms with Crippen molar-refractivity contribution in [3.8, 4) is 5.75 Å². The number of methoxy groups -OCH3 is 1. The Kier molecular flexibility index (Phi) is 4.27. The molecule has 0 bridgehead atoms.